The van der Waals surface area contributed by atoms with Crippen LogP contribution >= 0.6 is 0 Å². The molecule has 8 nitrogen and oxygen atoms in total. The molecule has 0 radical (unpaired) electrons. The van der Waals surface area contributed by atoms with Gasteiger partial charge in [-0.3, -0.25) is 9.59 Å². The molecule has 2 aliphatic heterocycles. The smallest absolute Gasteiger partial charge is 0.262 e. The molecule has 0 spiro atoms. The number of aromatic nitrogens is 4. The molecule has 2 fully saturated rings. The summed E-state index contributed by atoms with van der Waals surface area (Å²) in [5.41, 5.74) is 1.18. The number of hydrogen-bond acceptors (Lipinski definition) is 5. The van der Waals surface area contributed by atoms with E-state index in [2.05, 4.69) is 15.0 Å². The van der Waals surface area contributed by atoms with Crippen LogP contribution < -0.4 is 5.56 Å². The lowest BCUT2D eigenvalue weighted by Crippen LogP contribution is -2.51. The van der Waals surface area contributed by atoms with Gasteiger partial charge in [0, 0.05) is 38.1 Å². The second kappa shape index (κ2) is 7.83. The zero-order valence-electron chi connectivity index (χ0n) is 17.4. The highest BCUT2D eigenvalue weighted by molar-refractivity contribution is 5.80. The van der Waals surface area contributed by atoms with E-state index in [0.29, 0.717) is 28.5 Å². The van der Waals surface area contributed by atoms with Crippen molar-refractivity contribution in [2.24, 2.45) is 5.92 Å². The lowest BCUT2D eigenvalue weighted by molar-refractivity contribution is -0.131. The maximum Gasteiger partial charge on any atom is 0.262 e. The maximum absolute atomic E-state index is 12.9. The van der Waals surface area contributed by atoms with Crippen LogP contribution in [0.4, 0.5) is 0 Å². The van der Waals surface area contributed by atoms with E-state index < -0.39 is 0 Å². The third-order valence-corrected chi connectivity index (χ3v) is 6.82. The summed E-state index contributed by atoms with van der Waals surface area (Å²) in [5, 5.41) is 4.70. The predicted octanol–water partition coefficient (Wildman–Crippen LogP) is 1.77. The van der Waals surface area contributed by atoms with Crippen LogP contribution in [0.25, 0.3) is 16.6 Å². The van der Waals surface area contributed by atoms with Crippen LogP contribution in [-0.4, -0.2) is 67.6 Å². The van der Waals surface area contributed by atoms with Crippen LogP contribution in [0.2, 0.25) is 0 Å². The number of likely N-dealkylation sites (N-methyl/N-ethyl adjacent to an activating group) is 1. The number of carbonyl (C=O) groups is 1. The molecule has 2 aliphatic rings. The number of fused-ring (bicyclic) bond motifs is 4. The van der Waals surface area contributed by atoms with Crippen LogP contribution in [0.3, 0.4) is 0 Å². The Bertz CT molecular complexity index is 1130. The number of carbonyl (C=O) groups excluding carboxylic acids is 1. The molecular formula is C22H28N6O2. The third-order valence-electron chi connectivity index (χ3n) is 6.82. The summed E-state index contributed by atoms with van der Waals surface area (Å²) in [4.78, 5) is 34.6. The van der Waals surface area contributed by atoms with E-state index in [4.69, 9.17) is 0 Å². The molecule has 0 bridgehead atoms. The van der Waals surface area contributed by atoms with Crippen molar-refractivity contribution in [1.29, 1.82) is 0 Å². The summed E-state index contributed by atoms with van der Waals surface area (Å²) in [6, 6.07) is 4.23. The molecular weight excluding hydrogens is 380 g/mol. The molecule has 158 valence electrons. The Morgan fingerprint density at radius 2 is 2.07 bits per heavy atom. The van der Waals surface area contributed by atoms with Gasteiger partial charge in [0.05, 0.1) is 17.1 Å². The first kappa shape index (κ1) is 19.2. The first-order chi connectivity index (χ1) is 14.6. The molecule has 0 aromatic carbocycles. The van der Waals surface area contributed by atoms with Gasteiger partial charge in [0.1, 0.15) is 6.54 Å². The largest absolute Gasteiger partial charge is 0.344 e. The van der Waals surface area contributed by atoms with Gasteiger partial charge in [0.25, 0.3) is 5.56 Å². The Kier molecular flexibility index (Phi) is 5.02. The average Bonchev–Trinajstić information content (AvgIpc) is 3.25. The fourth-order valence-corrected chi connectivity index (χ4v) is 5.23. The number of piperidine rings is 2. The average molecular weight is 409 g/mol. The van der Waals surface area contributed by atoms with Crippen LogP contribution in [0.1, 0.15) is 32.1 Å². The van der Waals surface area contributed by atoms with Gasteiger partial charge in [0.2, 0.25) is 5.91 Å². The second-order valence-electron chi connectivity index (χ2n) is 8.68. The van der Waals surface area contributed by atoms with Crippen molar-refractivity contribution in [2.45, 2.75) is 44.7 Å². The third kappa shape index (κ3) is 3.39. The molecule has 0 N–H and O–H groups in total. The van der Waals surface area contributed by atoms with Crippen LogP contribution in [0.15, 0.2) is 35.5 Å². The SMILES string of the molecule is CN(CC1CCCN2CCCCC12)C(=O)Cn1ccc2c(cnc3ccnn32)c1=O. The molecule has 3 aromatic rings. The Labute approximate surface area is 175 Å². The topological polar surface area (TPSA) is 75.7 Å². The number of amides is 1. The Morgan fingerprint density at radius 1 is 1.20 bits per heavy atom. The first-order valence-electron chi connectivity index (χ1n) is 10.9. The van der Waals surface area contributed by atoms with Gasteiger partial charge in [-0.05, 0) is 50.8 Å². The molecule has 5 heterocycles. The van der Waals surface area contributed by atoms with Crippen molar-refractivity contribution in [2.75, 3.05) is 26.7 Å². The fourth-order valence-electron chi connectivity index (χ4n) is 5.23. The van der Waals surface area contributed by atoms with Crippen molar-refractivity contribution < 1.29 is 4.79 Å². The standard InChI is InChI=1S/C22H28N6O2/c1-25(14-16-5-4-11-26-10-3-2-6-18(16)26)21(29)15-27-12-8-19-17(22(27)30)13-23-20-7-9-24-28(19)20/h7-9,12-13,16,18H,2-6,10-11,14-15H2,1H3. The molecule has 2 atom stereocenters. The van der Waals surface area contributed by atoms with Crippen LogP contribution in [-0.2, 0) is 11.3 Å². The van der Waals surface area contributed by atoms with Crippen molar-refractivity contribution >= 4 is 22.5 Å². The normalized spacial score (nSPS) is 22.3. The molecule has 5 rings (SSSR count). The molecule has 0 saturated carbocycles. The van der Waals surface area contributed by atoms with Crippen molar-refractivity contribution in [3.63, 3.8) is 0 Å². The Hall–Kier alpha value is -2.74. The summed E-state index contributed by atoms with van der Waals surface area (Å²) < 4.78 is 3.12. The number of nitrogens with zero attached hydrogens (tertiary/aromatic N) is 6. The van der Waals surface area contributed by atoms with Gasteiger partial charge in [-0.2, -0.15) is 5.10 Å². The highest BCUT2D eigenvalue weighted by Crippen LogP contribution is 2.31. The zero-order valence-corrected chi connectivity index (χ0v) is 17.4. The second-order valence-corrected chi connectivity index (χ2v) is 8.68. The van der Waals surface area contributed by atoms with Gasteiger partial charge in [-0.1, -0.05) is 6.42 Å². The molecule has 8 heteroatoms. The minimum Gasteiger partial charge on any atom is -0.344 e. The quantitative estimate of drug-likeness (QED) is 0.658. The summed E-state index contributed by atoms with van der Waals surface area (Å²) in [6.07, 6.45) is 11.1. The van der Waals surface area contributed by atoms with Crippen LogP contribution in [0, 0.1) is 5.92 Å². The Morgan fingerprint density at radius 3 is 2.97 bits per heavy atom. The van der Waals surface area contributed by atoms with E-state index >= 15 is 0 Å². The summed E-state index contributed by atoms with van der Waals surface area (Å²) >= 11 is 0. The van der Waals surface area contributed by atoms with Crippen molar-refractivity contribution in [3.05, 3.63) is 41.1 Å². The fraction of sp³-hybridized carbons (Fsp3) is 0.545. The molecule has 2 saturated heterocycles. The summed E-state index contributed by atoms with van der Waals surface area (Å²) in [5.74, 6) is 0.496. The highest BCUT2D eigenvalue weighted by atomic mass is 16.2. The van der Waals surface area contributed by atoms with Gasteiger partial charge in [-0.15, -0.1) is 0 Å². The van der Waals surface area contributed by atoms with E-state index in [9.17, 15) is 9.59 Å². The van der Waals surface area contributed by atoms with Gasteiger partial charge >= 0.3 is 0 Å². The number of pyridine rings is 1. The monoisotopic (exact) mass is 408 g/mol. The number of rotatable bonds is 4. The van der Waals surface area contributed by atoms with Crippen molar-refractivity contribution in [3.8, 4) is 0 Å². The van der Waals surface area contributed by atoms with Gasteiger partial charge in [-0.25, -0.2) is 9.50 Å². The molecule has 1 amide bonds. The van der Waals surface area contributed by atoms with Crippen LogP contribution in [0.5, 0.6) is 0 Å². The Balaban J connectivity index is 1.32. The molecule has 2 unspecified atom stereocenters. The first-order valence-corrected chi connectivity index (χ1v) is 10.9. The molecule has 3 aromatic heterocycles. The van der Waals surface area contributed by atoms with E-state index in [1.807, 2.05) is 18.0 Å². The highest BCUT2D eigenvalue weighted by Gasteiger charge is 2.34. The lowest BCUT2D eigenvalue weighted by atomic mass is 9.83. The minimum atomic E-state index is -0.213. The maximum atomic E-state index is 12.9. The summed E-state index contributed by atoms with van der Waals surface area (Å²) in [6.45, 7) is 3.20. The zero-order chi connectivity index (χ0) is 20.7. The van der Waals surface area contributed by atoms with Gasteiger partial charge < -0.3 is 14.4 Å². The van der Waals surface area contributed by atoms with Gasteiger partial charge in [0.15, 0.2) is 5.65 Å². The molecule has 0 aliphatic carbocycles. The van der Waals surface area contributed by atoms with E-state index in [1.165, 1.54) is 49.8 Å². The predicted molar refractivity (Wildman–Crippen MR) is 114 cm³/mol. The van der Waals surface area contributed by atoms with E-state index in [0.717, 1.165) is 6.54 Å². The minimum absolute atomic E-state index is 0.0301. The van der Waals surface area contributed by atoms with E-state index in [1.54, 1.807) is 29.2 Å². The van der Waals surface area contributed by atoms with Crippen molar-refractivity contribution in [1.82, 2.24) is 29.0 Å². The lowest BCUT2D eigenvalue weighted by Gasteiger charge is -2.45. The number of hydrogen-bond donors (Lipinski definition) is 0. The molecule has 30 heavy (non-hydrogen) atoms. The van der Waals surface area contributed by atoms with E-state index in [-0.39, 0.29) is 18.0 Å². The summed E-state index contributed by atoms with van der Waals surface area (Å²) in [7, 11) is 1.87.